The monoisotopic (exact) mass is 791 g/mol. The molecule has 0 unspecified atom stereocenters. The number of aliphatic hydroxyl groups excluding tert-OH is 2. The van der Waals surface area contributed by atoms with Gasteiger partial charge in [0, 0.05) is 71.4 Å². The number of aromatic nitrogens is 2. The number of nitrogens with zero attached hydrogens (tertiary/aromatic N) is 2. The number of ether oxygens (including phenoxy) is 4. The summed E-state index contributed by atoms with van der Waals surface area (Å²) in [6.45, 7) is 9.09. The Morgan fingerprint density at radius 2 is 1.77 bits per heavy atom. The maximum atomic E-state index is 14.7. The van der Waals surface area contributed by atoms with Crippen molar-refractivity contribution in [3.63, 3.8) is 0 Å². The quantitative estimate of drug-likeness (QED) is 0.115. The van der Waals surface area contributed by atoms with E-state index >= 15 is 0 Å². The molecule has 2 aromatic heterocycles. The number of ketones is 1. The number of esters is 1. The van der Waals surface area contributed by atoms with Gasteiger partial charge in [-0.05, 0) is 44.4 Å². The van der Waals surface area contributed by atoms with E-state index in [1.165, 1.54) is 53.0 Å². The second-order valence-electron chi connectivity index (χ2n) is 15.1. The third-order valence-corrected chi connectivity index (χ3v) is 11.2. The first-order valence-electron chi connectivity index (χ1n) is 21.5. The van der Waals surface area contributed by atoms with Gasteiger partial charge in [0.1, 0.15) is 40.0 Å². The molecule has 4 aromatic rings. The number of imidazole rings is 1. The van der Waals surface area contributed by atoms with Crippen molar-refractivity contribution >= 4 is 50.8 Å². The van der Waals surface area contributed by atoms with Crippen LogP contribution in [0.3, 0.4) is 0 Å². The van der Waals surface area contributed by atoms with Crippen LogP contribution in [0.15, 0.2) is 54.4 Å². The number of aromatic hydroxyl groups is 2. The zero-order chi connectivity index (χ0) is 46.9. The molecule has 3 aliphatic rings. The van der Waals surface area contributed by atoms with Gasteiger partial charge in [-0.3, -0.25) is 18.8 Å². The molecule has 3 aliphatic heterocycles. The molecule has 14 heteroatoms. The van der Waals surface area contributed by atoms with E-state index in [9.17, 15) is 34.8 Å². The molecule has 0 saturated heterocycles. The SMILES string of the molecule is [2H]c1c(C([2H])([2H])[2H])c([2H])c2nc3c4c5c6c(C)c(O)c4c(O)c(c3n2c1[2H])NC(=O)/C(C)=C/C=C/[C@H](C)[C@H](O)[C@@H](C)[C@@H](O)[C@@H](C)[C@H](OC(C)=O)[C@H](C)[C@@H](OC)/C=C/O[C@@](C)(O6)C5=O. The minimum atomic E-state index is -3.03. The number of hydrogen-bond donors (Lipinski definition) is 5. The Bertz CT molecular complexity index is 2660. The first-order valence-corrected chi connectivity index (χ1v) is 18.5. The predicted molar refractivity (Wildman–Crippen MR) is 213 cm³/mol. The van der Waals surface area contributed by atoms with Gasteiger partial charge in [-0.2, -0.15) is 0 Å². The molecule has 0 spiro atoms. The third kappa shape index (κ3) is 7.10. The van der Waals surface area contributed by atoms with Crippen molar-refractivity contribution in [1.29, 1.82) is 0 Å². The Balaban J connectivity index is 1.66. The Labute approximate surface area is 338 Å². The van der Waals surface area contributed by atoms with E-state index in [0.717, 1.165) is 10.7 Å². The fourth-order valence-corrected chi connectivity index (χ4v) is 7.74. The third-order valence-electron chi connectivity index (χ3n) is 11.2. The summed E-state index contributed by atoms with van der Waals surface area (Å²) in [6, 6.07) is -1.62. The number of phenols is 2. The number of fused-ring (bicyclic) bond motifs is 14. The number of benzene rings is 2. The lowest BCUT2D eigenvalue weighted by Crippen LogP contribution is -2.46. The Kier molecular flexibility index (Phi) is 9.15. The number of methoxy groups -OCH3 is 1. The first kappa shape index (κ1) is 33.7. The van der Waals surface area contributed by atoms with Crippen LogP contribution in [-0.4, -0.2) is 84.8 Å². The lowest BCUT2D eigenvalue weighted by molar-refractivity contribution is -0.160. The van der Waals surface area contributed by atoms with Crippen molar-refractivity contribution in [3.05, 3.63) is 71.1 Å². The predicted octanol–water partition coefficient (Wildman–Crippen LogP) is 6.16. The van der Waals surface area contributed by atoms with Crippen LogP contribution in [0.2, 0.25) is 0 Å². The highest BCUT2D eigenvalue weighted by molar-refractivity contribution is 6.28. The van der Waals surface area contributed by atoms with E-state index in [1.807, 2.05) is 0 Å². The smallest absolute Gasteiger partial charge is 0.312 e. The van der Waals surface area contributed by atoms with Crippen LogP contribution in [-0.2, 0) is 23.8 Å². The summed E-state index contributed by atoms with van der Waals surface area (Å²) in [5.41, 5.74) is -2.53. The average Bonchev–Trinajstić information content (AvgIpc) is 3.74. The molecule has 5 N–H and O–H groups in total. The Hall–Kier alpha value is -5.44. The Morgan fingerprint density at radius 1 is 1.05 bits per heavy atom. The molecule has 0 fully saturated rings. The summed E-state index contributed by atoms with van der Waals surface area (Å²) in [7, 11) is 1.40. The van der Waals surface area contributed by atoms with E-state index in [1.54, 1.807) is 33.8 Å². The molecule has 7 rings (SSSR count). The zero-order valence-corrected chi connectivity index (χ0v) is 33.0. The normalized spacial score (nSPS) is 32.6. The Morgan fingerprint density at radius 3 is 2.44 bits per heavy atom. The molecular formula is C43H51N3O11. The average molecular weight is 792 g/mol. The van der Waals surface area contributed by atoms with Gasteiger partial charge in [-0.25, -0.2) is 4.98 Å². The molecule has 2 aromatic carbocycles. The van der Waals surface area contributed by atoms with E-state index < -0.39 is 125 Å². The van der Waals surface area contributed by atoms with Gasteiger partial charge in [0.05, 0.1) is 39.6 Å². The van der Waals surface area contributed by atoms with Gasteiger partial charge in [-0.15, -0.1) is 0 Å². The number of nitrogens with one attached hydrogen (secondary N) is 1. The lowest BCUT2D eigenvalue weighted by atomic mass is 9.78. The van der Waals surface area contributed by atoms with Gasteiger partial charge in [0.25, 0.3) is 11.7 Å². The van der Waals surface area contributed by atoms with Crippen LogP contribution in [0.4, 0.5) is 5.69 Å². The van der Waals surface area contributed by atoms with Gasteiger partial charge < -0.3 is 44.7 Å². The summed E-state index contributed by atoms with van der Waals surface area (Å²) >= 11 is 0. The number of anilines is 1. The standard InChI is InChI=1S/C43H51N3O11/c1-19-14-16-46-28(18-19)44-32-29-30-37(50)25(7)40-31(29)41(52)43(9,57-40)55-17-15-27(54-10)22(4)39(56-26(8)47)24(6)36(49)23(5)35(48)20(2)12-11-13-21(3)42(53)45-33(34(32)46)38(30)51/h11-18,20,22-24,27,35-36,39,48-51H,1-10H3,(H,45,53)/b12-11+,17-15+,21-13+/t20-,22+,23+,24+,27-,35-,36+,39+,43-/m0/s1/i1D3,14D,16D,18D. The number of pyridine rings is 1. The molecular weight excluding hydrogens is 734 g/mol. The number of hydrogen-bond acceptors (Lipinski definition) is 12. The molecule has 14 nitrogen and oxygen atoms in total. The second kappa shape index (κ2) is 15.5. The highest BCUT2D eigenvalue weighted by Gasteiger charge is 2.50. The number of phenolic OH excluding ortho intramolecular Hbond substituents is 2. The minimum Gasteiger partial charge on any atom is -0.507 e. The number of rotatable bonds is 2. The first-order chi connectivity index (χ1) is 29.3. The van der Waals surface area contributed by atoms with E-state index in [2.05, 4.69) is 10.3 Å². The van der Waals surface area contributed by atoms with Crippen molar-refractivity contribution in [2.45, 2.75) is 92.4 Å². The molecule has 57 heavy (non-hydrogen) atoms. The molecule has 9 atom stereocenters. The van der Waals surface area contributed by atoms with Crippen LogP contribution in [0.5, 0.6) is 17.2 Å². The summed E-state index contributed by atoms with van der Waals surface area (Å²) in [6.07, 6.45) is 2.21. The maximum absolute atomic E-state index is 14.7. The van der Waals surface area contributed by atoms with E-state index in [-0.39, 0.29) is 44.3 Å². The van der Waals surface area contributed by atoms with Crippen molar-refractivity contribution in [1.82, 2.24) is 9.38 Å². The maximum Gasteiger partial charge on any atom is 0.312 e. The summed E-state index contributed by atoms with van der Waals surface area (Å²) in [5.74, 6) is -8.76. The highest BCUT2D eigenvalue weighted by Crippen LogP contribution is 2.54. The molecule has 0 saturated carbocycles. The van der Waals surface area contributed by atoms with Crippen molar-refractivity contribution in [2.75, 3.05) is 12.4 Å². The molecule has 1 amide bonds. The largest absolute Gasteiger partial charge is 0.507 e. The zero-order valence-electron chi connectivity index (χ0n) is 39.0. The number of Topliss-reactive ketones (excluding diaryl/α,β-unsaturated/α-hetero) is 1. The van der Waals surface area contributed by atoms with Crippen LogP contribution in [0, 0.1) is 37.4 Å². The summed E-state index contributed by atoms with van der Waals surface area (Å²) in [5, 5.41) is 48.8. The molecule has 5 heterocycles. The fraction of sp³-hybridized carbons (Fsp3) is 0.442. The summed E-state index contributed by atoms with van der Waals surface area (Å²) in [4.78, 5) is 45.6. The van der Waals surface area contributed by atoms with Crippen molar-refractivity contribution in [3.8, 4) is 17.2 Å². The van der Waals surface area contributed by atoms with E-state index in [0.29, 0.717) is 0 Å². The molecule has 5 bridgehead atoms. The fourth-order valence-electron chi connectivity index (χ4n) is 7.74. The van der Waals surface area contributed by atoms with Gasteiger partial charge >= 0.3 is 11.8 Å². The summed E-state index contributed by atoms with van der Waals surface area (Å²) < 4.78 is 75.2. The van der Waals surface area contributed by atoms with Crippen molar-refractivity contribution in [2.24, 2.45) is 23.7 Å². The lowest BCUT2D eigenvalue weighted by Gasteiger charge is -2.38. The number of allylic oxidation sites excluding steroid dienone is 2. The number of carbonyl (C=O) groups excluding carboxylic acids is 3. The highest BCUT2D eigenvalue weighted by atomic mass is 16.7. The number of aliphatic hydroxyl groups is 2. The molecule has 0 aliphatic carbocycles. The van der Waals surface area contributed by atoms with Crippen LogP contribution in [0.1, 0.15) is 78.2 Å². The molecule has 304 valence electrons. The van der Waals surface area contributed by atoms with Gasteiger partial charge in [-0.1, -0.05) is 45.9 Å². The molecule has 0 radical (unpaired) electrons. The van der Waals surface area contributed by atoms with Crippen molar-refractivity contribution < 1.29 is 62.0 Å². The van der Waals surface area contributed by atoms with E-state index in [4.69, 9.17) is 27.2 Å². The second-order valence-corrected chi connectivity index (χ2v) is 15.1. The minimum absolute atomic E-state index is 0.0317. The van der Waals surface area contributed by atoms with Crippen LogP contribution >= 0.6 is 0 Å². The topological polar surface area (TPSA) is 198 Å². The van der Waals surface area contributed by atoms with Gasteiger partial charge in [0.15, 0.2) is 5.75 Å². The number of carbonyl (C=O) groups is 3. The van der Waals surface area contributed by atoms with Crippen LogP contribution < -0.4 is 10.1 Å². The van der Waals surface area contributed by atoms with Crippen LogP contribution in [0.25, 0.3) is 27.5 Å². The van der Waals surface area contributed by atoms with Gasteiger partial charge in [0.2, 0.25) is 0 Å². The number of amides is 1.